The number of imidazole rings is 1. The predicted octanol–water partition coefficient (Wildman–Crippen LogP) is 5.14. The normalized spacial score (nSPS) is 10.6. The van der Waals surface area contributed by atoms with Crippen molar-refractivity contribution >= 4 is 34.6 Å². The van der Waals surface area contributed by atoms with E-state index in [4.69, 9.17) is 28.6 Å². The highest BCUT2D eigenvalue weighted by Gasteiger charge is 2.13. The molecule has 0 aliphatic heterocycles. The minimum atomic E-state index is 0.655. The molecule has 1 N–H and O–H groups in total. The Morgan fingerprint density at radius 3 is 2.69 bits per heavy atom. The van der Waals surface area contributed by atoms with Gasteiger partial charge < -0.3 is 19.5 Å². The van der Waals surface area contributed by atoms with Crippen molar-refractivity contribution in [2.24, 2.45) is 0 Å². The summed E-state index contributed by atoms with van der Waals surface area (Å²) >= 11 is 12.1. The number of halogens is 1. The molecule has 0 aliphatic carbocycles. The van der Waals surface area contributed by atoms with Gasteiger partial charge in [0.15, 0.2) is 5.11 Å². The minimum absolute atomic E-state index is 0.655. The number of ether oxygens (including phenoxy) is 1. The molecule has 29 heavy (non-hydrogen) atoms. The number of para-hydroxylation sites is 1. The van der Waals surface area contributed by atoms with E-state index in [9.17, 15) is 0 Å². The van der Waals surface area contributed by atoms with Crippen LogP contribution >= 0.6 is 23.8 Å². The third-order valence-electron chi connectivity index (χ3n) is 4.68. The summed E-state index contributed by atoms with van der Waals surface area (Å²) in [6, 6.07) is 13.9. The molecule has 0 atom stereocenters. The highest BCUT2D eigenvalue weighted by atomic mass is 35.5. The van der Waals surface area contributed by atoms with Crippen LogP contribution in [0.1, 0.15) is 17.5 Å². The van der Waals surface area contributed by atoms with Gasteiger partial charge in [-0.25, -0.2) is 4.98 Å². The van der Waals surface area contributed by atoms with Crippen molar-refractivity contribution in [3.05, 3.63) is 77.3 Å². The lowest BCUT2D eigenvalue weighted by molar-refractivity contribution is 0.394. The summed E-state index contributed by atoms with van der Waals surface area (Å²) in [6.07, 6.45) is 6.53. The first-order valence-corrected chi connectivity index (χ1v) is 10.2. The van der Waals surface area contributed by atoms with Crippen LogP contribution in [-0.4, -0.2) is 33.2 Å². The van der Waals surface area contributed by atoms with E-state index in [2.05, 4.69) is 31.9 Å². The summed E-state index contributed by atoms with van der Waals surface area (Å²) in [5.74, 6) is 0.841. The first-order valence-electron chi connectivity index (χ1n) is 9.46. The van der Waals surface area contributed by atoms with Crippen molar-refractivity contribution in [2.75, 3.05) is 19.0 Å². The Bertz CT molecular complexity index is 908. The minimum Gasteiger partial charge on any atom is -0.497 e. The van der Waals surface area contributed by atoms with Gasteiger partial charge in [-0.05, 0) is 54.9 Å². The number of rotatable bonds is 8. The van der Waals surface area contributed by atoms with Crippen LogP contribution in [0.3, 0.4) is 0 Å². The third kappa shape index (κ3) is 5.95. The third-order valence-corrected chi connectivity index (χ3v) is 5.35. The molecule has 0 aliphatic rings. The maximum atomic E-state index is 6.38. The zero-order valence-corrected chi connectivity index (χ0v) is 18.2. The fourth-order valence-corrected chi connectivity index (χ4v) is 3.57. The van der Waals surface area contributed by atoms with Crippen LogP contribution in [0, 0.1) is 6.92 Å². The lowest BCUT2D eigenvalue weighted by Crippen LogP contribution is -2.35. The number of hydrogen-bond acceptors (Lipinski definition) is 3. The quantitative estimate of drug-likeness (QED) is 0.503. The van der Waals surface area contributed by atoms with E-state index in [1.807, 2.05) is 49.8 Å². The average molecular weight is 429 g/mol. The average Bonchev–Trinajstić information content (AvgIpc) is 3.24. The highest BCUT2D eigenvalue weighted by molar-refractivity contribution is 7.80. The molecule has 0 fully saturated rings. The van der Waals surface area contributed by atoms with Crippen molar-refractivity contribution in [2.45, 2.75) is 26.4 Å². The van der Waals surface area contributed by atoms with Gasteiger partial charge >= 0.3 is 0 Å². The molecule has 3 rings (SSSR count). The summed E-state index contributed by atoms with van der Waals surface area (Å²) in [7, 11) is 1.67. The Hall–Kier alpha value is -2.57. The van der Waals surface area contributed by atoms with Gasteiger partial charge in [0.1, 0.15) is 5.75 Å². The summed E-state index contributed by atoms with van der Waals surface area (Å²) in [6.45, 7) is 4.40. The molecule has 0 unspecified atom stereocenters. The summed E-state index contributed by atoms with van der Waals surface area (Å²) in [5, 5.41) is 4.66. The van der Waals surface area contributed by atoms with Crippen molar-refractivity contribution in [3.63, 3.8) is 0 Å². The molecule has 0 spiro atoms. The van der Waals surface area contributed by atoms with Gasteiger partial charge in [-0.3, -0.25) is 0 Å². The zero-order valence-electron chi connectivity index (χ0n) is 16.6. The number of anilines is 1. The molecular formula is C22H25ClN4OS. The predicted molar refractivity (Wildman–Crippen MR) is 123 cm³/mol. The SMILES string of the molecule is COc1ccc(CN(CCCn2ccnc2)C(=S)Nc2c(C)cccc2Cl)cc1. The van der Waals surface area contributed by atoms with E-state index in [1.165, 1.54) is 0 Å². The second kappa shape index (κ2) is 10.3. The number of nitrogens with zero attached hydrogens (tertiary/aromatic N) is 3. The van der Waals surface area contributed by atoms with E-state index in [-0.39, 0.29) is 0 Å². The molecular weight excluding hydrogens is 404 g/mol. The highest BCUT2D eigenvalue weighted by Crippen LogP contribution is 2.26. The van der Waals surface area contributed by atoms with E-state index in [0.717, 1.165) is 42.1 Å². The second-order valence-corrected chi connectivity index (χ2v) is 7.58. The number of nitrogens with one attached hydrogen (secondary N) is 1. The zero-order chi connectivity index (χ0) is 20.6. The molecule has 1 aromatic heterocycles. The summed E-state index contributed by atoms with van der Waals surface area (Å²) in [4.78, 5) is 6.26. The van der Waals surface area contributed by atoms with Crippen molar-refractivity contribution in [3.8, 4) is 5.75 Å². The standard InChI is InChI=1S/C22H25ClN4OS/c1-17-5-3-6-20(23)21(17)25-22(29)27(13-4-12-26-14-11-24-16-26)15-18-7-9-19(28-2)10-8-18/h3,5-11,14,16H,4,12-13,15H2,1-2H3,(H,25,29). The van der Waals surface area contributed by atoms with Gasteiger partial charge in [-0.1, -0.05) is 35.9 Å². The Labute approximate surface area is 182 Å². The molecule has 0 saturated carbocycles. The fourth-order valence-electron chi connectivity index (χ4n) is 3.04. The van der Waals surface area contributed by atoms with Gasteiger partial charge in [-0.2, -0.15) is 0 Å². The number of aromatic nitrogens is 2. The fraction of sp³-hybridized carbons (Fsp3) is 0.273. The first kappa shape index (κ1) is 21.1. The maximum Gasteiger partial charge on any atom is 0.173 e. The van der Waals surface area contributed by atoms with Crippen molar-refractivity contribution < 1.29 is 4.74 Å². The Kier molecular flexibility index (Phi) is 7.49. The lowest BCUT2D eigenvalue weighted by atomic mass is 10.2. The van der Waals surface area contributed by atoms with E-state index >= 15 is 0 Å². The Morgan fingerprint density at radius 1 is 1.24 bits per heavy atom. The van der Waals surface area contributed by atoms with E-state index in [0.29, 0.717) is 16.7 Å². The van der Waals surface area contributed by atoms with Gasteiger partial charge in [0.05, 0.1) is 24.1 Å². The van der Waals surface area contributed by atoms with E-state index < -0.39 is 0 Å². The van der Waals surface area contributed by atoms with Crippen molar-refractivity contribution in [1.29, 1.82) is 0 Å². The number of benzene rings is 2. The molecule has 5 nitrogen and oxygen atoms in total. The molecule has 0 saturated heterocycles. The van der Waals surface area contributed by atoms with Crippen LogP contribution in [0.5, 0.6) is 5.75 Å². The Morgan fingerprint density at radius 2 is 2.03 bits per heavy atom. The second-order valence-electron chi connectivity index (χ2n) is 6.79. The van der Waals surface area contributed by atoms with Crippen LogP contribution in [0.25, 0.3) is 0 Å². The molecule has 0 amide bonds. The van der Waals surface area contributed by atoms with Crippen LogP contribution in [0.4, 0.5) is 5.69 Å². The van der Waals surface area contributed by atoms with Gasteiger partial charge in [0.2, 0.25) is 0 Å². The molecule has 3 aromatic rings. The van der Waals surface area contributed by atoms with Crippen LogP contribution in [0.15, 0.2) is 61.2 Å². The number of methoxy groups -OCH3 is 1. The molecule has 1 heterocycles. The Balaban J connectivity index is 1.71. The number of hydrogen-bond donors (Lipinski definition) is 1. The van der Waals surface area contributed by atoms with E-state index in [1.54, 1.807) is 13.3 Å². The monoisotopic (exact) mass is 428 g/mol. The number of aryl methyl sites for hydroxylation is 2. The summed E-state index contributed by atoms with van der Waals surface area (Å²) in [5.41, 5.74) is 3.07. The van der Waals surface area contributed by atoms with Crippen molar-refractivity contribution in [1.82, 2.24) is 14.5 Å². The van der Waals surface area contributed by atoms with Gasteiger partial charge in [0.25, 0.3) is 0 Å². The summed E-state index contributed by atoms with van der Waals surface area (Å²) < 4.78 is 7.33. The smallest absolute Gasteiger partial charge is 0.173 e. The largest absolute Gasteiger partial charge is 0.497 e. The number of thiocarbonyl (C=S) groups is 1. The van der Waals surface area contributed by atoms with Crippen LogP contribution < -0.4 is 10.1 Å². The van der Waals surface area contributed by atoms with Gasteiger partial charge in [0, 0.05) is 32.0 Å². The maximum absolute atomic E-state index is 6.38. The van der Waals surface area contributed by atoms with Gasteiger partial charge in [-0.15, -0.1) is 0 Å². The van der Waals surface area contributed by atoms with Crippen LogP contribution in [0.2, 0.25) is 5.02 Å². The lowest BCUT2D eigenvalue weighted by Gasteiger charge is -2.27. The molecule has 7 heteroatoms. The van der Waals surface area contributed by atoms with Crippen LogP contribution in [-0.2, 0) is 13.1 Å². The molecule has 0 radical (unpaired) electrons. The molecule has 0 bridgehead atoms. The molecule has 152 valence electrons. The molecule has 2 aromatic carbocycles. The first-order chi connectivity index (χ1) is 14.1. The topological polar surface area (TPSA) is 42.3 Å².